The van der Waals surface area contributed by atoms with Crippen LogP contribution in [0.5, 0.6) is 0 Å². The van der Waals surface area contributed by atoms with Gasteiger partial charge in [-0.15, -0.1) is 0 Å². The van der Waals surface area contributed by atoms with Gasteiger partial charge in [-0.3, -0.25) is 14.8 Å². The summed E-state index contributed by atoms with van der Waals surface area (Å²) in [5.74, 6) is 0.462. The second-order valence-electron chi connectivity index (χ2n) is 6.02. The Bertz CT molecular complexity index is 836. The lowest BCUT2D eigenvalue weighted by molar-refractivity contribution is -0.118. The number of carbonyl (C=O) groups is 1. The standard InChI is InChI=1S/C20H20N2O/c1-14-6-3-4-8-18(14)15(2)12-17(23)13-16-7-5-9-19-20(16)22-11-10-21-19/h3-11,15H,12-13H2,1-2H3. The molecule has 3 aromatic rings. The molecule has 0 amide bonds. The van der Waals surface area contributed by atoms with Crippen molar-refractivity contribution in [2.24, 2.45) is 0 Å². The molecule has 23 heavy (non-hydrogen) atoms. The number of aromatic nitrogens is 2. The molecule has 1 heterocycles. The van der Waals surface area contributed by atoms with Crippen LogP contribution in [0.4, 0.5) is 0 Å². The largest absolute Gasteiger partial charge is 0.299 e. The Morgan fingerprint density at radius 3 is 2.65 bits per heavy atom. The quantitative estimate of drug-likeness (QED) is 0.708. The van der Waals surface area contributed by atoms with Crippen molar-refractivity contribution in [3.05, 3.63) is 71.5 Å². The summed E-state index contributed by atoms with van der Waals surface area (Å²) in [6.45, 7) is 4.21. The zero-order valence-corrected chi connectivity index (χ0v) is 13.5. The van der Waals surface area contributed by atoms with Crippen molar-refractivity contribution in [2.75, 3.05) is 0 Å². The van der Waals surface area contributed by atoms with Crippen LogP contribution in [0, 0.1) is 6.92 Å². The second-order valence-corrected chi connectivity index (χ2v) is 6.02. The van der Waals surface area contributed by atoms with Crippen LogP contribution in [0.15, 0.2) is 54.9 Å². The van der Waals surface area contributed by atoms with Crippen LogP contribution in [-0.4, -0.2) is 15.8 Å². The Morgan fingerprint density at radius 1 is 1.04 bits per heavy atom. The first-order chi connectivity index (χ1) is 11.1. The molecule has 0 N–H and O–H groups in total. The Morgan fingerprint density at radius 2 is 1.83 bits per heavy atom. The summed E-state index contributed by atoms with van der Waals surface area (Å²) in [6, 6.07) is 14.1. The summed E-state index contributed by atoms with van der Waals surface area (Å²) in [5, 5.41) is 0. The molecule has 3 nitrogen and oxygen atoms in total. The van der Waals surface area contributed by atoms with Crippen molar-refractivity contribution < 1.29 is 4.79 Å². The summed E-state index contributed by atoms with van der Waals surface area (Å²) in [6.07, 6.45) is 4.30. The van der Waals surface area contributed by atoms with E-state index in [9.17, 15) is 4.79 Å². The van der Waals surface area contributed by atoms with Gasteiger partial charge >= 0.3 is 0 Å². The number of aryl methyl sites for hydroxylation is 1. The van der Waals surface area contributed by atoms with Gasteiger partial charge in [0.15, 0.2) is 0 Å². The highest BCUT2D eigenvalue weighted by Crippen LogP contribution is 2.24. The average molecular weight is 304 g/mol. The van der Waals surface area contributed by atoms with E-state index in [4.69, 9.17) is 0 Å². The van der Waals surface area contributed by atoms with Crippen molar-refractivity contribution in [1.82, 2.24) is 9.97 Å². The first kappa shape index (κ1) is 15.3. The third-order valence-corrected chi connectivity index (χ3v) is 4.22. The zero-order valence-electron chi connectivity index (χ0n) is 13.5. The number of benzene rings is 2. The molecule has 0 aliphatic carbocycles. The monoisotopic (exact) mass is 304 g/mol. The lowest BCUT2D eigenvalue weighted by Gasteiger charge is -2.14. The first-order valence-corrected chi connectivity index (χ1v) is 7.91. The number of fused-ring (bicyclic) bond motifs is 1. The summed E-state index contributed by atoms with van der Waals surface area (Å²) in [4.78, 5) is 21.2. The minimum Gasteiger partial charge on any atom is -0.299 e. The zero-order chi connectivity index (χ0) is 16.2. The van der Waals surface area contributed by atoms with Crippen molar-refractivity contribution in [3.8, 4) is 0 Å². The van der Waals surface area contributed by atoms with Gasteiger partial charge < -0.3 is 0 Å². The molecule has 0 saturated heterocycles. The predicted octanol–water partition coefficient (Wildman–Crippen LogP) is 4.24. The molecular formula is C20H20N2O. The highest BCUT2D eigenvalue weighted by molar-refractivity contribution is 5.87. The molecule has 1 aromatic heterocycles. The van der Waals surface area contributed by atoms with Crippen LogP contribution < -0.4 is 0 Å². The fraction of sp³-hybridized carbons (Fsp3) is 0.250. The van der Waals surface area contributed by atoms with Gasteiger partial charge in [0.2, 0.25) is 0 Å². The highest BCUT2D eigenvalue weighted by Gasteiger charge is 2.14. The van der Waals surface area contributed by atoms with E-state index in [0.29, 0.717) is 12.8 Å². The Balaban J connectivity index is 1.75. The summed E-state index contributed by atoms with van der Waals surface area (Å²) in [7, 11) is 0. The SMILES string of the molecule is Cc1ccccc1C(C)CC(=O)Cc1cccc2nccnc12. The van der Waals surface area contributed by atoms with E-state index in [-0.39, 0.29) is 11.7 Å². The number of hydrogen-bond acceptors (Lipinski definition) is 3. The molecule has 0 spiro atoms. The Kier molecular flexibility index (Phi) is 4.47. The van der Waals surface area contributed by atoms with E-state index in [2.05, 4.69) is 35.9 Å². The van der Waals surface area contributed by atoms with Crippen LogP contribution in [0.1, 0.15) is 36.0 Å². The molecule has 116 valence electrons. The van der Waals surface area contributed by atoms with Crippen LogP contribution in [0.3, 0.4) is 0 Å². The lowest BCUT2D eigenvalue weighted by Crippen LogP contribution is -2.09. The number of nitrogens with zero attached hydrogens (tertiary/aromatic N) is 2. The van der Waals surface area contributed by atoms with Gasteiger partial charge in [-0.1, -0.05) is 43.3 Å². The fourth-order valence-electron chi connectivity index (χ4n) is 3.07. The molecule has 3 rings (SSSR count). The molecule has 1 unspecified atom stereocenters. The molecule has 1 atom stereocenters. The van der Waals surface area contributed by atoms with Gasteiger partial charge in [-0.05, 0) is 35.6 Å². The normalized spacial score (nSPS) is 12.3. The van der Waals surface area contributed by atoms with Crippen molar-refractivity contribution >= 4 is 16.8 Å². The van der Waals surface area contributed by atoms with E-state index in [1.165, 1.54) is 11.1 Å². The van der Waals surface area contributed by atoms with Gasteiger partial charge in [0.05, 0.1) is 11.0 Å². The maximum atomic E-state index is 12.5. The molecule has 0 fully saturated rings. The molecule has 0 aliphatic rings. The van der Waals surface area contributed by atoms with E-state index < -0.39 is 0 Å². The average Bonchev–Trinajstić information content (AvgIpc) is 2.55. The minimum atomic E-state index is 0.227. The smallest absolute Gasteiger partial charge is 0.137 e. The van der Waals surface area contributed by atoms with Gasteiger partial charge in [0, 0.05) is 25.2 Å². The molecular weight excluding hydrogens is 284 g/mol. The number of ketones is 1. The van der Waals surface area contributed by atoms with Crippen LogP contribution in [0.25, 0.3) is 11.0 Å². The summed E-state index contributed by atoms with van der Waals surface area (Å²) < 4.78 is 0. The fourth-order valence-corrected chi connectivity index (χ4v) is 3.07. The highest BCUT2D eigenvalue weighted by atomic mass is 16.1. The third kappa shape index (κ3) is 3.45. The number of carbonyl (C=O) groups excluding carboxylic acids is 1. The third-order valence-electron chi connectivity index (χ3n) is 4.22. The molecule has 2 aromatic carbocycles. The first-order valence-electron chi connectivity index (χ1n) is 7.91. The maximum Gasteiger partial charge on any atom is 0.137 e. The summed E-state index contributed by atoms with van der Waals surface area (Å²) >= 11 is 0. The van der Waals surface area contributed by atoms with E-state index >= 15 is 0 Å². The lowest BCUT2D eigenvalue weighted by atomic mass is 9.90. The number of para-hydroxylation sites is 1. The minimum absolute atomic E-state index is 0.227. The molecule has 0 saturated carbocycles. The number of hydrogen-bond donors (Lipinski definition) is 0. The van der Waals surface area contributed by atoms with Crippen LogP contribution in [0.2, 0.25) is 0 Å². The molecule has 0 bridgehead atoms. The Hall–Kier alpha value is -2.55. The van der Waals surface area contributed by atoms with Crippen LogP contribution in [-0.2, 0) is 11.2 Å². The van der Waals surface area contributed by atoms with Gasteiger partial charge in [-0.2, -0.15) is 0 Å². The number of rotatable bonds is 5. The van der Waals surface area contributed by atoms with E-state index in [1.807, 2.05) is 30.3 Å². The van der Waals surface area contributed by atoms with E-state index in [0.717, 1.165) is 16.6 Å². The number of Topliss-reactive ketones (excluding diaryl/α,β-unsaturated/α-hetero) is 1. The van der Waals surface area contributed by atoms with E-state index in [1.54, 1.807) is 12.4 Å². The van der Waals surface area contributed by atoms with Gasteiger partial charge in [-0.25, -0.2) is 0 Å². The summed E-state index contributed by atoms with van der Waals surface area (Å²) in [5.41, 5.74) is 5.11. The van der Waals surface area contributed by atoms with Gasteiger partial charge in [0.25, 0.3) is 0 Å². The van der Waals surface area contributed by atoms with Crippen LogP contribution >= 0.6 is 0 Å². The molecule has 0 radical (unpaired) electrons. The van der Waals surface area contributed by atoms with Crippen molar-refractivity contribution in [3.63, 3.8) is 0 Å². The topological polar surface area (TPSA) is 42.9 Å². The maximum absolute atomic E-state index is 12.5. The van der Waals surface area contributed by atoms with Crippen molar-refractivity contribution in [2.45, 2.75) is 32.6 Å². The molecule has 3 heteroatoms. The molecule has 0 aliphatic heterocycles. The Labute approximate surface area is 136 Å². The van der Waals surface area contributed by atoms with Gasteiger partial charge in [0.1, 0.15) is 5.78 Å². The predicted molar refractivity (Wildman–Crippen MR) is 92.5 cm³/mol. The second kappa shape index (κ2) is 6.69. The van der Waals surface area contributed by atoms with Crippen molar-refractivity contribution in [1.29, 1.82) is 0 Å².